The second-order valence-corrected chi connectivity index (χ2v) is 3.67. The molecule has 0 radical (unpaired) electrons. The fraction of sp³-hybridized carbons (Fsp3) is 0.167. The highest BCUT2D eigenvalue weighted by Gasteiger charge is 2.04. The molecule has 0 saturated heterocycles. The van der Waals surface area contributed by atoms with Crippen LogP contribution >= 0.6 is 12.2 Å². The number of benzene rings is 1. The molecule has 84 valence electrons. The Labute approximate surface area is 100 Å². The molecule has 0 unspecified atom stereocenters. The molecule has 1 aromatic rings. The highest BCUT2D eigenvalue weighted by molar-refractivity contribution is 7.80. The predicted molar refractivity (Wildman–Crippen MR) is 67.9 cm³/mol. The van der Waals surface area contributed by atoms with Crippen LogP contribution in [0.15, 0.2) is 36.4 Å². The van der Waals surface area contributed by atoms with E-state index in [0.29, 0.717) is 0 Å². The third-order valence-electron chi connectivity index (χ3n) is 1.76. The standard InChI is InChI=1S/C12H13NO2S/c1-13(2)12(16)15-11(14)9-8-10-6-4-3-5-7-10/h3-9H,1-2H3/b9-8+. The maximum Gasteiger partial charge on any atom is 0.338 e. The van der Waals surface area contributed by atoms with Gasteiger partial charge in [-0.1, -0.05) is 30.3 Å². The van der Waals surface area contributed by atoms with Crippen molar-refractivity contribution in [1.29, 1.82) is 0 Å². The normalized spacial score (nSPS) is 10.1. The van der Waals surface area contributed by atoms with Crippen LogP contribution in [-0.2, 0) is 9.53 Å². The molecule has 0 aliphatic rings. The van der Waals surface area contributed by atoms with E-state index >= 15 is 0 Å². The van der Waals surface area contributed by atoms with E-state index in [0.717, 1.165) is 5.56 Å². The van der Waals surface area contributed by atoms with Gasteiger partial charge in [0.2, 0.25) is 0 Å². The van der Waals surface area contributed by atoms with E-state index < -0.39 is 5.97 Å². The van der Waals surface area contributed by atoms with Crippen LogP contribution in [0.3, 0.4) is 0 Å². The summed E-state index contributed by atoms with van der Waals surface area (Å²) in [6.45, 7) is 0. The summed E-state index contributed by atoms with van der Waals surface area (Å²) in [4.78, 5) is 12.9. The molecule has 0 saturated carbocycles. The minimum atomic E-state index is -0.470. The molecular formula is C12H13NO2S. The first-order valence-corrected chi connectivity index (χ1v) is 5.16. The van der Waals surface area contributed by atoms with E-state index in [1.807, 2.05) is 30.3 Å². The number of hydrogen-bond acceptors (Lipinski definition) is 3. The number of nitrogens with zero attached hydrogens (tertiary/aromatic N) is 1. The second-order valence-electron chi connectivity index (χ2n) is 3.33. The molecule has 0 aliphatic heterocycles. The summed E-state index contributed by atoms with van der Waals surface area (Å²) in [7, 11) is 3.44. The fourth-order valence-corrected chi connectivity index (χ4v) is 1.02. The molecule has 1 rings (SSSR count). The van der Waals surface area contributed by atoms with Gasteiger partial charge in [-0.05, 0) is 23.9 Å². The molecule has 0 amide bonds. The summed E-state index contributed by atoms with van der Waals surface area (Å²) in [5.74, 6) is -0.470. The Hall–Kier alpha value is -1.68. The van der Waals surface area contributed by atoms with Gasteiger partial charge in [0.1, 0.15) is 0 Å². The maximum atomic E-state index is 11.3. The van der Waals surface area contributed by atoms with Crippen molar-refractivity contribution in [2.75, 3.05) is 14.1 Å². The number of rotatable bonds is 2. The summed E-state index contributed by atoms with van der Waals surface area (Å²) in [5, 5.41) is 0.155. The Bertz CT molecular complexity index is 399. The van der Waals surface area contributed by atoms with E-state index in [1.54, 1.807) is 25.1 Å². The Balaban J connectivity index is 2.52. The summed E-state index contributed by atoms with van der Waals surface area (Å²) >= 11 is 4.83. The largest absolute Gasteiger partial charge is 0.396 e. The average molecular weight is 235 g/mol. The van der Waals surface area contributed by atoms with Crippen molar-refractivity contribution in [2.24, 2.45) is 0 Å². The van der Waals surface area contributed by atoms with Gasteiger partial charge in [-0.3, -0.25) is 0 Å². The van der Waals surface area contributed by atoms with Crippen LogP contribution < -0.4 is 0 Å². The zero-order valence-electron chi connectivity index (χ0n) is 9.21. The molecule has 0 aromatic heterocycles. The predicted octanol–water partition coefficient (Wildman–Crippen LogP) is 2.09. The molecule has 0 N–H and O–H groups in total. The molecule has 0 bridgehead atoms. The van der Waals surface area contributed by atoms with Crippen molar-refractivity contribution in [2.45, 2.75) is 0 Å². The first-order valence-electron chi connectivity index (χ1n) is 4.76. The van der Waals surface area contributed by atoms with E-state index in [1.165, 1.54) is 6.08 Å². The number of thiocarbonyl (C=S) groups is 1. The third kappa shape index (κ3) is 4.23. The van der Waals surface area contributed by atoms with Crippen molar-refractivity contribution in [1.82, 2.24) is 4.90 Å². The number of carbonyl (C=O) groups is 1. The molecule has 0 aliphatic carbocycles. The zero-order chi connectivity index (χ0) is 12.0. The number of hydrogen-bond donors (Lipinski definition) is 0. The highest BCUT2D eigenvalue weighted by Crippen LogP contribution is 2.01. The van der Waals surface area contributed by atoms with Gasteiger partial charge in [0.05, 0.1) is 0 Å². The quantitative estimate of drug-likeness (QED) is 0.446. The van der Waals surface area contributed by atoms with Gasteiger partial charge in [0.25, 0.3) is 5.17 Å². The summed E-state index contributed by atoms with van der Waals surface area (Å²) in [6, 6.07) is 9.50. The first kappa shape index (κ1) is 12.4. The molecule has 4 heteroatoms. The zero-order valence-corrected chi connectivity index (χ0v) is 10.0. The first-order chi connectivity index (χ1) is 7.59. The summed E-state index contributed by atoms with van der Waals surface area (Å²) in [6.07, 6.45) is 3.03. The lowest BCUT2D eigenvalue weighted by Gasteiger charge is -2.11. The smallest absolute Gasteiger partial charge is 0.338 e. The molecule has 16 heavy (non-hydrogen) atoms. The summed E-state index contributed by atoms with van der Waals surface area (Å²) < 4.78 is 4.87. The van der Waals surface area contributed by atoms with Crippen LogP contribution in [0.4, 0.5) is 0 Å². The number of carbonyl (C=O) groups excluding carboxylic acids is 1. The van der Waals surface area contributed by atoms with Gasteiger partial charge in [-0.15, -0.1) is 0 Å². The molecule has 0 fully saturated rings. The maximum absolute atomic E-state index is 11.3. The van der Waals surface area contributed by atoms with Crippen LogP contribution in [0.5, 0.6) is 0 Å². The molecule has 0 atom stereocenters. The van der Waals surface area contributed by atoms with Crippen LogP contribution in [0.2, 0.25) is 0 Å². The van der Waals surface area contributed by atoms with Gasteiger partial charge in [-0.25, -0.2) is 4.79 Å². The van der Waals surface area contributed by atoms with Crippen molar-refractivity contribution in [3.63, 3.8) is 0 Å². The lowest BCUT2D eigenvalue weighted by molar-refractivity contribution is -0.130. The molecule has 3 nitrogen and oxygen atoms in total. The minimum absolute atomic E-state index is 0.155. The van der Waals surface area contributed by atoms with Crippen molar-refractivity contribution < 1.29 is 9.53 Å². The van der Waals surface area contributed by atoms with E-state index in [-0.39, 0.29) is 5.17 Å². The third-order valence-corrected chi connectivity index (χ3v) is 2.21. The second kappa shape index (κ2) is 6.02. The van der Waals surface area contributed by atoms with Gasteiger partial charge >= 0.3 is 5.97 Å². The van der Waals surface area contributed by atoms with Gasteiger partial charge in [0, 0.05) is 20.2 Å². The molecule has 0 spiro atoms. The van der Waals surface area contributed by atoms with Crippen LogP contribution in [-0.4, -0.2) is 30.1 Å². The monoisotopic (exact) mass is 235 g/mol. The average Bonchev–Trinajstić information content (AvgIpc) is 2.27. The Morgan fingerprint density at radius 3 is 2.50 bits per heavy atom. The number of ether oxygens (including phenoxy) is 1. The van der Waals surface area contributed by atoms with E-state index in [9.17, 15) is 4.79 Å². The lowest BCUT2D eigenvalue weighted by atomic mass is 10.2. The van der Waals surface area contributed by atoms with Crippen molar-refractivity contribution in [3.05, 3.63) is 42.0 Å². The van der Waals surface area contributed by atoms with Crippen molar-refractivity contribution in [3.8, 4) is 0 Å². The van der Waals surface area contributed by atoms with Crippen molar-refractivity contribution >= 4 is 29.4 Å². The van der Waals surface area contributed by atoms with Gasteiger partial charge in [-0.2, -0.15) is 0 Å². The minimum Gasteiger partial charge on any atom is -0.396 e. The number of esters is 1. The molecule has 0 heterocycles. The molecular weight excluding hydrogens is 222 g/mol. The Kier molecular flexibility index (Phi) is 4.66. The van der Waals surface area contributed by atoms with Gasteiger partial charge in [0.15, 0.2) is 0 Å². The topological polar surface area (TPSA) is 29.5 Å². The Morgan fingerprint density at radius 2 is 1.94 bits per heavy atom. The van der Waals surface area contributed by atoms with E-state index in [2.05, 4.69) is 0 Å². The highest BCUT2D eigenvalue weighted by atomic mass is 32.1. The van der Waals surface area contributed by atoms with E-state index in [4.69, 9.17) is 17.0 Å². The van der Waals surface area contributed by atoms with Crippen LogP contribution in [0, 0.1) is 0 Å². The summed E-state index contributed by atoms with van der Waals surface area (Å²) in [5.41, 5.74) is 0.940. The lowest BCUT2D eigenvalue weighted by Crippen LogP contribution is -2.24. The molecule has 1 aromatic carbocycles. The Morgan fingerprint density at radius 1 is 1.31 bits per heavy atom. The van der Waals surface area contributed by atoms with Crippen LogP contribution in [0.1, 0.15) is 5.56 Å². The fourth-order valence-electron chi connectivity index (χ4n) is 0.940. The van der Waals surface area contributed by atoms with Crippen LogP contribution in [0.25, 0.3) is 6.08 Å². The van der Waals surface area contributed by atoms with Gasteiger partial charge < -0.3 is 9.64 Å². The SMILES string of the molecule is CN(C)C(=S)OC(=O)/C=C/c1ccccc1.